The molecule has 0 saturated carbocycles. The Balaban J connectivity index is 1.98. The van der Waals surface area contributed by atoms with Gasteiger partial charge in [-0.1, -0.05) is 54.1 Å². The van der Waals surface area contributed by atoms with Gasteiger partial charge in [0.1, 0.15) is 0 Å². The Kier molecular flexibility index (Phi) is 3.73. The van der Waals surface area contributed by atoms with Gasteiger partial charge in [0, 0.05) is 11.2 Å². The van der Waals surface area contributed by atoms with E-state index in [1.165, 1.54) is 5.56 Å². The van der Waals surface area contributed by atoms with E-state index in [1.54, 1.807) is 0 Å². The lowest BCUT2D eigenvalue weighted by atomic mass is 10.2. The molecule has 80 valence electrons. The largest absolute Gasteiger partial charge is 0.288 e. The van der Waals surface area contributed by atoms with Crippen LogP contribution in [0, 0.1) is 0 Å². The third-order valence-corrected chi connectivity index (χ3v) is 2.48. The molecule has 0 aliphatic rings. The summed E-state index contributed by atoms with van der Waals surface area (Å²) in [7, 11) is 0. The van der Waals surface area contributed by atoms with Crippen LogP contribution in [0.5, 0.6) is 0 Å². The van der Waals surface area contributed by atoms with Crippen LogP contribution in [-0.4, -0.2) is 6.21 Å². The van der Waals surface area contributed by atoms with E-state index in [-0.39, 0.29) is 0 Å². The van der Waals surface area contributed by atoms with Crippen LogP contribution in [0.3, 0.4) is 0 Å². The Bertz CT molecular complexity index is 460. The number of nitrogens with zero attached hydrogens (tertiary/aromatic N) is 1. The quantitative estimate of drug-likeness (QED) is 0.707. The second-order valence-corrected chi connectivity index (χ2v) is 3.94. The van der Waals surface area contributed by atoms with Gasteiger partial charge >= 0.3 is 0 Å². The number of rotatable bonds is 3. The van der Waals surface area contributed by atoms with E-state index in [9.17, 15) is 0 Å². The van der Waals surface area contributed by atoms with Gasteiger partial charge in [-0.2, -0.15) is 0 Å². The Hall–Kier alpha value is -1.60. The minimum Gasteiger partial charge on any atom is -0.288 e. The van der Waals surface area contributed by atoms with Crippen molar-refractivity contribution in [1.29, 1.82) is 0 Å². The fourth-order valence-corrected chi connectivity index (χ4v) is 1.51. The molecule has 0 aliphatic carbocycles. The number of halogens is 1. The second kappa shape index (κ2) is 5.47. The second-order valence-electron chi connectivity index (χ2n) is 3.51. The molecule has 0 spiro atoms. The van der Waals surface area contributed by atoms with E-state index in [0.29, 0.717) is 6.54 Å². The monoisotopic (exact) mass is 229 g/mol. The summed E-state index contributed by atoms with van der Waals surface area (Å²) in [5, 5.41) is 0.750. The van der Waals surface area contributed by atoms with Crippen LogP contribution >= 0.6 is 11.6 Å². The smallest absolute Gasteiger partial charge is 0.0639 e. The van der Waals surface area contributed by atoms with Crippen LogP contribution < -0.4 is 0 Å². The van der Waals surface area contributed by atoms with Crippen molar-refractivity contribution in [2.75, 3.05) is 0 Å². The van der Waals surface area contributed by atoms with Crippen LogP contribution in [0.15, 0.2) is 59.6 Å². The van der Waals surface area contributed by atoms with E-state index in [1.807, 2.05) is 48.7 Å². The standard InChI is InChI=1S/C14H12ClN/c15-14-8-6-13(7-9-14)11-16-10-12-4-2-1-3-5-12/h1-9,11H,10H2. The van der Waals surface area contributed by atoms with Crippen molar-refractivity contribution in [3.8, 4) is 0 Å². The molecule has 0 fully saturated rings. The molecule has 0 radical (unpaired) electrons. The van der Waals surface area contributed by atoms with Gasteiger partial charge in [-0.05, 0) is 23.3 Å². The van der Waals surface area contributed by atoms with Crippen LogP contribution in [0.1, 0.15) is 11.1 Å². The highest BCUT2D eigenvalue weighted by molar-refractivity contribution is 6.30. The highest BCUT2D eigenvalue weighted by atomic mass is 35.5. The van der Waals surface area contributed by atoms with Gasteiger partial charge in [0.05, 0.1) is 6.54 Å². The van der Waals surface area contributed by atoms with Gasteiger partial charge in [0.2, 0.25) is 0 Å². The van der Waals surface area contributed by atoms with Gasteiger partial charge in [-0.3, -0.25) is 4.99 Å². The summed E-state index contributed by atoms with van der Waals surface area (Å²) in [6.45, 7) is 0.712. The van der Waals surface area contributed by atoms with Crippen molar-refractivity contribution < 1.29 is 0 Å². The van der Waals surface area contributed by atoms with Crippen LogP contribution in [0.4, 0.5) is 0 Å². The van der Waals surface area contributed by atoms with Crippen molar-refractivity contribution >= 4 is 17.8 Å². The lowest BCUT2D eigenvalue weighted by Gasteiger charge is -1.95. The molecule has 2 aromatic carbocycles. The molecule has 0 saturated heterocycles. The first-order chi connectivity index (χ1) is 7.84. The molecule has 0 amide bonds. The number of benzene rings is 2. The van der Waals surface area contributed by atoms with Gasteiger partial charge in [0.25, 0.3) is 0 Å². The van der Waals surface area contributed by atoms with Crippen LogP contribution in [0.2, 0.25) is 5.02 Å². The zero-order valence-electron chi connectivity index (χ0n) is 8.81. The zero-order valence-corrected chi connectivity index (χ0v) is 9.56. The maximum absolute atomic E-state index is 5.80. The molecule has 0 atom stereocenters. The van der Waals surface area contributed by atoms with Gasteiger partial charge in [-0.15, -0.1) is 0 Å². The molecule has 16 heavy (non-hydrogen) atoms. The zero-order chi connectivity index (χ0) is 11.2. The highest BCUT2D eigenvalue weighted by Gasteiger charge is 1.89. The average molecular weight is 230 g/mol. The van der Waals surface area contributed by atoms with Crippen molar-refractivity contribution in [1.82, 2.24) is 0 Å². The molecular formula is C14H12ClN. The summed E-state index contributed by atoms with van der Waals surface area (Å²) in [5.41, 5.74) is 2.29. The predicted molar refractivity (Wildman–Crippen MR) is 69.2 cm³/mol. The first kappa shape index (κ1) is 10.9. The fourth-order valence-electron chi connectivity index (χ4n) is 1.39. The van der Waals surface area contributed by atoms with Crippen LogP contribution in [0.25, 0.3) is 0 Å². The average Bonchev–Trinajstić information content (AvgIpc) is 2.33. The molecule has 0 aromatic heterocycles. The third-order valence-electron chi connectivity index (χ3n) is 2.23. The normalized spacial score (nSPS) is 10.8. The Morgan fingerprint density at radius 2 is 1.62 bits per heavy atom. The molecule has 2 aromatic rings. The Labute approximate surface area is 100 Å². The van der Waals surface area contributed by atoms with Crippen molar-refractivity contribution in [3.63, 3.8) is 0 Å². The number of hydrogen-bond donors (Lipinski definition) is 0. The molecule has 1 nitrogen and oxygen atoms in total. The lowest BCUT2D eigenvalue weighted by Crippen LogP contribution is -1.83. The molecule has 0 bridgehead atoms. The van der Waals surface area contributed by atoms with Crippen molar-refractivity contribution in [2.45, 2.75) is 6.54 Å². The van der Waals surface area contributed by atoms with Gasteiger partial charge < -0.3 is 0 Å². The minimum absolute atomic E-state index is 0.712. The summed E-state index contributed by atoms with van der Waals surface area (Å²) in [4.78, 5) is 4.37. The third kappa shape index (κ3) is 3.21. The summed E-state index contributed by atoms with van der Waals surface area (Å²) in [6.07, 6.45) is 1.86. The maximum Gasteiger partial charge on any atom is 0.0639 e. The Morgan fingerprint density at radius 1 is 0.938 bits per heavy atom. The predicted octanol–water partition coefficient (Wildman–Crippen LogP) is 3.96. The fraction of sp³-hybridized carbons (Fsp3) is 0.0714. The summed E-state index contributed by atoms with van der Waals surface area (Å²) in [6, 6.07) is 17.8. The molecule has 2 rings (SSSR count). The van der Waals surface area contributed by atoms with E-state index in [4.69, 9.17) is 11.6 Å². The van der Waals surface area contributed by atoms with Gasteiger partial charge in [0.15, 0.2) is 0 Å². The van der Waals surface area contributed by atoms with E-state index < -0.39 is 0 Å². The highest BCUT2D eigenvalue weighted by Crippen LogP contribution is 2.08. The molecule has 0 aliphatic heterocycles. The van der Waals surface area contributed by atoms with E-state index in [0.717, 1.165) is 10.6 Å². The van der Waals surface area contributed by atoms with E-state index >= 15 is 0 Å². The molecule has 0 heterocycles. The van der Waals surface area contributed by atoms with Gasteiger partial charge in [-0.25, -0.2) is 0 Å². The summed E-state index contributed by atoms with van der Waals surface area (Å²) < 4.78 is 0. The molecular weight excluding hydrogens is 218 g/mol. The number of hydrogen-bond acceptors (Lipinski definition) is 1. The SMILES string of the molecule is Clc1ccc(C=NCc2ccccc2)cc1. The van der Waals surface area contributed by atoms with Crippen molar-refractivity contribution in [2.24, 2.45) is 4.99 Å². The topological polar surface area (TPSA) is 12.4 Å². The first-order valence-electron chi connectivity index (χ1n) is 5.14. The first-order valence-corrected chi connectivity index (χ1v) is 5.52. The summed E-state index contributed by atoms with van der Waals surface area (Å²) >= 11 is 5.80. The maximum atomic E-state index is 5.80. The van der Waals surface area contributed by atoms with Crippen LogP contribution in [-0.2, 0) is 6.54 Å². The Morgan fingerprint density at radius 3 is 2.31 bits per heavy atom. The molecule has 0 unspecified atom stereocenters. The van der Waals surface area contributed by atoms with Crippen molar-refractivity contribution in [3.05, 3.63) is 70.7 Å². The lowest BCUT2D eigenvalue weighted by molar-refractivity contribution is 1.08. The minimum atomic E-state index is 0.712. The summed E-state index contributed by atoms with van der Waals surface area (Å²) in [5.74, 6) is 0. The van der Waals surface area contributed by atoms with E-state index in [2.05, 4.69) is 17.1 Å². The number of aliphatic imine (C=N–C) groups is 1. The molecule has 2 heteroatoms. The molecule has 0 N–H and O–H groups in total.